The molecule has 7 nitrogen and oxygen atoms in total. The molecule has 4 N–H and O–H groups in total. The molecule has 1 aromatic carbocycles. The van der Waals surface area contributed by atoms with Crippen LogP contribution in [-0.2, 0) is 6.54 Å². The molecule has 1 saturated heterocycles. The van der Waals surface area contributed by atoms with E-state index in [4.69, 9.17) is 11.5 Å². The number of rotatable bonds is 5. The second-order valence-electron chi connectivity index (χ2n) is 7.41. The Kier molecular flexibility index (Phi) is 5.48. The van der Waals surface area contributed by atoms with Crippen molar-refractivity contribution >= 4 is 11.9 Å². The molecule has 4 rings (SSSR count). The lowest BCUT2D eigenvalue weighted by atomic mass is 9.89. The Labute approximate surface area is 169 Å². The van der Waals surface area contributed by atoms with E-state index in [9.17, 15) is 4.79 Å². The van der Waals surface area contributed by atoms with Gasteiger partial charge in [-0.15, -0.1) is 0 Å². The summed E-state index contributed by atoms with van der Waals surface area (Å²) in [6, 6.07) is 11.3. The smallest absolute Gasteiger partial charge is 0.248 e. The summed E-state index contributed by atoms with van der Waals surface area (Å²) in [7, 11) is 0. The van der Waals surface area contributed by atoms with Crippen LogP contribution in [0.2, 0.25) is 0 Å². The number of aromatic nitrogens is 3. The van der Waals surface area contributed by atoms with Crippen molar-refractivity contribution in [2.24, 2.45) is 5.73 Å². The largest absolute Gasteiger partial charge is 0.368 e. The molecule has 3 heterocycles. The lowest BCUT2D eigenvalue weighted by Gasteiger charge is -2.33. The number of amides is 1. The molecule has 1 fully saturated rings. The molecular weight excluding hydrogens is 364 g/mol. The molecule has 7 heteroatoms. The van der Waals surface area contributed by atoms with Gasteiger partial charge < -0.3 is 11.5 Å². The number of pyridine rings is 1. The lowest BCUT2D eigenvalue weighted by molar-refractivity contribution is 0.100. The SMILES string of the molecule is NC(=O)c1cccc(-c2cnc(N)nc2C2CCCN(Cc3cccnc3)C2)c1. The molecule has 29 heavy (non-hydrogen) atoms. The summed E-state index contributed by atoms with van der Waals surface area (Å²) in [6.45, 7) is 2.78. The second kappa shape index (κ2) is 8.36. The minimum atomic E-state index is -0.454. The molecule has 1 amide bonds. The van der Waals surface area contributed by atoms with Gasteiger partial charge >= 0.3 is 0 Å². The minimum Gasteiger partial charge on any atom is -0.368 e. The summed E-state index contributed by atoms with van der Waals surface area (Å²) >= 11 is 0. The molecule has 0 saturated carbocycles. The summed E-state index contributed by atoms with van der Waals surface area (Å²) in [5.74, 6) is 0.0437. The van der Waals surface area contributed by atoms with Crippen LogP contribution in [0.15, 0.2) is 55.0 Å². The Balaban J connectivity index is 1.63. The number of carbonyl (C=O) groups excluding carboxylic acids is 1. The Morgan fingerprint density at radius 3 is 2.90 bits per heavy atom. The predicted octanol–water partition coefficient (Wildman–Crippen LogP) is 2.60. The minimum absolute atomic E-state index is 0.234. The molecule has 1 aliphatic rings. The van der Waals surface area contributed by atoms with Gasteiger partial charge in [-0.1, -0.05) is 18.2 Å². The summed E-state index contributed by atoms with van der Waals surface area (Å²) in [5.41, 5.74) is 15.7. The van der Waals surface area contributed by atoms with Crippen LogP contribution >= 0.6 is 0 Å². The molecule has 0 bridgehead atoms. The number of benzene rings is 1. The zero-order valence-electron chi connectivity index (χ0n) is 16.2. The monoisotopic (exact) mass is 388 g/mol. The number of hydrogen-bond donors (Lipinski definition) is 2. The summed E-state index contributed by atoms with van der Waals surface area (Å²) in [5, 5.41) is 0. The van der Waals surface area contributed by atoms with Crippen molar-refractivity contribution in [2.75, 3.05) is 18.8 Å². The second-order valence-corrected chi connectivity index (χ2v) is 7.41. The fourth-order valence-electron chi connectivity index (χ4n) is 3.96. The highest BCUT2D eigenvalue weighted by atomic mass is 16.1. The molecule has 0 spiro atoms. The summed E-state index contributed by atoms with van der Waals surface area (Å²) in [6.07, 6.45) is 7.56. The number of carbonyl (C=O) groups is 1. The van der Waals surface area contributed by atoms with E-state index < -0.39 is 5.91 Å². The topological polar surface area (TPSA) is 111 Å². The van der Waals surface area contributed by atoms with E-state index in [-0.39, 0.29) is 11.9 Å². The van der Waals surface area contributed by atoms with Crippen LogP contribution in [0.5, 0.6) is 0 Å². The first-order valence-electron chi connectivity index (χ1n) is 9.74. The van der Waals surface area contributed by atoms with Gasteiger partial charge in [0.1, 0.15) is 0 Å². The zero-order valence-corrected chi connectivity index (χ0v) is 16.2. The average molecular weight is 388 g/mol. The maximum Gasteiger partial charge on any atom is 0.248 e. The van der Waals surface area contributed by atoms with Crippen LogP contribution in [0.25, 0.3) is 11.1 Å². The molecule has 1 aliphatic heterocycles. The number of anilines is 1. The number of likely N-dealkylation sites (tertiary alicyclic amines) is 1. The zero-order chi connectivity index (χ0) is 20.2. The van der Waals surface area contributed by atoms with Gasteiger partial charge in [-0.2, -0.15) is 0 Å². The first-order valence-corrected chi connectivity index (χ1v) is 9.74. The maximum atomic E-state index is 11.6. The third-order valence-corrected chi connectivity index (χ3v) is 5.32. The van der Waals surface area contributed by atoms with Crippen LogP contribution < -0.4 is 11.5 Å². The van der Waals surface area contributed by atoms with Crippen molar-refractivity contribution in [2.45, 2.75) is 25.3 Å². The first-order chi connectivity index (χ1) is 14.1. The first kappa shape index (κ1) is 19.0. The summed E-state index contributed by atoms with van der Waals surface area (Å²) in [4.78, 5) is 27.0. The van der Waals surface area contributed by atoms with Crippen molar-refractivity contribution in [3.05, 3.63) is 71.8 Å². The Bertz CT molecular complexity index is 1010. The van der Waals surface area contributed by atoms with Gasteiger partial charge in [-0.05, 0) is 48.7 Å². The van der Waals surface area contributed by atoms with Crippen LogP contribution in [0, 0.1) is 0 Å². The van der Waals surface area contributed by atoms with Crippen LogP contribution in [0.4, 0.5) is 5.95 Å². The predicted molar refractivity (Wildman–Crippen MR) is 112 cm³/mol. The van der Waals surface area contributed by atoms with Crippen molar-refractivity contribution in [1.29, 1.82) is 0 Å². The maximum absolute atomic E-state index is 11.6. The number of nitrogens with two attached hydrogens (primary N) is 2. The number of piperidine rings is 1. The van der Waals surface area contributed by atoms with Crippen molar-refractivity contribution in [1.82, 2.24) is 19.9 Å². The highest BCUT2D eigenvalue weighted by Crippen LogP contribution is 2.34. The third-order valence-electron chi connectivity index (χ3n) is 5.32. The Hall–Kier alpha value is -3.32. The normalized spacial score (nSPS) is 17.2. The fraction of sp³-hybridized carbons (Fsp3) is 0.273. The lowest BCUT2D eigenvalue weighted by Crippen LogP contribution is -2.34. The highest BCUT2D eigenvalue weighted by molar-refractivity contribution is 5.94. The number of primary amides is 1. The molecule has 3 aromatic rings. The molecule has 1 atom stereocenters. The van der Waals surface area contributed by atoms with Gasteiger partial charge in [0.2, 0.25) is 11.9 Å². The van der Waals surface area contributed by atoms with Crippen LogP contribution in [-0.4, -0.2) is 38.8 Å². The van der Waals surface area contributed by atoms with Gasteiger partial charge in [0.25, 0.3) is 0 Å². The van der Waals surface area contributed by atoms with E-state index in [1.54, 1.807) is 24.5 Å². The van der Waals surface area contributed by atoms with Gasteiger partial charge in [0.15, 0.2) is 0 Å². The van der Waals surface area contributed by atoms with Gasteiger partial charge in [-0.25, -0.2) is 9.97 Å². The number of nitrogens with zero attached hydrogens (tertiary/aromatic N) is 4. The molecule has 1 unspecified atom stereocenters. The van der Waals surface area contributed by atoms with Crippen molar-refractivity contribution in [3.63, 3.8) is 0 Å². The van der Waals surface area contributed by atoms with Gasteiger partial charge in [0, 0.05) is 48.7 Å². The van der Waals surface area contributed by atoms with Gasteiger partial charge in [-0.3, -0.25) is 14.7 Å². The average Bonchev–Trinajstić information content (AvgIpc) is 2.75. The summed E-state index contributed by atoms with van der Waals surface area (Å²) < 4.78 is 0. The van der Waals surface area contributed by atoms with E-state index in [1.807, 2.05) is 24.4 Å². The van der Waals surface area contributed by atoms with E-state index >= 15 is 0 Å². The van der Waals surface area contributed by atoms with E-state index in [2.05, 4.69) is 25.9 Å². The molecule has 148 valence electrons. The standard InChI is InChI=1S/C22H24N6O/c23-21(29)17-6-1-5-16(10-17)19-12-26-22(24)27-20(19)18-7-3-9-28(14-18)13-15-4-2-8-25-11-15/h1-2,4-6,8,10-12,18H,3,7,9,13-14H2,(H2,23,29)(H2,24,26,27). The molecule has 0 radical (unpaired) electrons. The molecule has 0 aliphatic carbocycles. The Morgan fingerprint density at radius 2 is 2.10 bits per heavy atom. The number of hydrogen-bond acceptors (Lipinski definition) is 6. The van der Waals surface area contributed by atoms with Crippen molar-refractivity contribution < 1.29 is 4.79 Å². The molecular formula is C22H24N6O. The van der Waals surface area contributed by atoms with Crippen LogP contribution in [0.3, 0.4) is 0 Å². The van der Waals surface area contributed by atoms with Crippen LogP contribution in [0.1, 0.15) is 40.4 Å². The van der Waals surface area contributed by atoms with E-state index in [0.717, 1.165) is 49.3 Å². The molecule has 2 aromatic heterocycles. The fourth-order valence-corrected chi connectivity index (χ4v) is 3.96. The number of nitrogen functional groups attached to an aromatic ring is 1. The van der Waals surface area contributed by atoms with Gasteiger partial charge in [0.05, 0.1) is 5.69 Å². The third kappa shape index (κ3) is 4.41. The van der Waals surface area contributed by atoms with E-state index in [0.29, 0.717) is 5.56 Å². The highest BCUT2D eigenvalue weighted by Gasteiger charge is 2.26. The van der Waals surface area contributed by atoms with Crippen molar-refractivity contribution in [3.8, 4) is 11.1 Å². The quantitative estimate of drug-likeness (QED) is 0.695. The van der Waals surface area contributed by atoms with E-state index in [1.165, 1.54) is 5.56 Å². The Morgan fingerprint density at radius 1 is 1.21 bits per heavy atom.